The summed E-state index contributed by atoms with van der Waals surface area (Å²) in [4.78, 5) is 17.1. The van der Waals surface area contributed by atoms with E-state index in [9.17, 15) is 4.79 Å². The predicted octanol–water partition coefficient (Wildman–Crippen LogP) is 3.20. The smallest absolute Gasteiger partial charge is 0.234 e. The van der Waals surface area contributed by atoms with E-state index in [4.69, 9.17) is 0 Å². The van der Waals surface area contributed by atoms with Gasteiger partial charge in [0.15, 0.2) is 0 Å². The van der Waals surface area contributed by atoms with Crippen LogP contribution in [0.1, 0.15) is 44.1 Å². The summed E-state index contributed by atoms with van der Waals surface area (Å²) in [5.74, 6) is 0.179. The van der Waals surface area contributed by atoms with Crippen molar-refractivity contribution in [2.75, 3.05) is 39.3 Å². The van der Waals surface area contributed by atoms with Crippen LogP contribution in [-0.2, 0) is 11.3 Å². The zero-order valence-electron chi connectivity index (χ0n) is 16.0. The van der Waals surface area contributed by atoms with Gasteiger partial charge in [-0.2, -0.15) is 0 Å². The molecule has 142 valence electrons. The maximum absolute atomic E-state index is 12.3. The van der Waals surface area contributed by atoms with Crippen LogP contribution < -0.4 is 5.32 Å². The molecule has 0 radical (unpaired) electrons. The minimum atomic E-state index is 0.179. The number of hydrogen-bond donors (Lipinski definition) is 1. The molecule has 4 nitrogen and oxygen atoms in total. The van der Waals surface area contributed by atoms with E-state index in [-0.39, 0.29) is 5.91 Å². The number of carbonyl (C=O) groups excluding carboxylic acids is 1. The quantitative estimate of drug-likeness (QED) is 0.763. The van der Waals surface area contributed by atoms with E-state index in [0.717, 1.165) is 52.1 Å². The fourth-order valence-electron chi connectivity index (χ4n) is 3.94. The number of carbonyl (C=O) groups is 1. The van der Waals surface area contributed by atoms with Gasteiger partial charge in [0.1, 0.15) is 0 Å². The van der Waals surface area contributed by atoms with Crippen LogP contribution in [0.2, 0.25) is 0 Å². The summed E-state index contributed by atoms with van der Waals surface area (Å²) >= 11 is 0. The Balaban J connectivity index is 1.34. The Morgan fingerprint density at radius 1 is 0.962 bits per heavy atom. The van der Waals surface area contributed by atoms with E-state index >= 15 is 0 Å². The molecule has 0 bridgehead atoms. The van der Waals surface area contributed by atoms with E-state index in [2.05, 4.69) is 51.5 Å². The van der Waals surface area contributed by atoms with Gasteiger partial charge in [-0.05, 0) is 57.2 Å². The summed E-state index contributed by atoms with van der Waals surface area (Å²) in [5.41, 5.74) is 2.90. The number of rotatable bonds is 7. The number of nitrogens with zero attached hydrogens (tertiary/aromatic N) is 2. The number of nitrogens with one attached hydrogen (secondary N) is 1. The highest BCUT2D eigenvalue weighted by Crippen LogP contribution is 2.19. The van der Waals surface area contributed by atoms with Crippen molar-refractivity contribution in [2.24, 2.45) is 0 Å². The van der Waals surface area contributed by atoms with Crippen molar-refractivity contribution in [3.8, 4) is 0 Å². The Morgan fingerprint density at radius 3 is 2.58 bits per heavy atom. The summed E-state index contributed by atoms with van der Waals surface area (Å²) in [6.45, 7) is 6.48. The maximum atomic E-state index is 12.3. The molecule has 1 aromatic rings. The molecule has 1 amide bonds. The lowest BCUT2D eigenvalue weighted by molar-refractivity contribution is -0.122. The molecule has 1 aliphatic heterocycles. The summed E-state index contributed by atoms with van der Waals surface area (Å²) in [7, 11) is 0. The molecule has 4 heteroatoms. The molecule has 1 aliphatic carbocycles. The van der Waals surface area contributed by atoms with E-state index in [0.29, 0.717) is 6.54 Å². The molecule has 2 aliphatic rings. The standard InChI is InChI=1S/C22H33N3O/c26-22(23-13-12-20-8-3-1-4-9-20)19-25-15-7-14-24(16-17-25)18-21-10-5-2-6-11-21/h2,5-6,8,10-11H,1,3-4,7,9,12-19H2,(H,23,26). The third kappa shape index (κ3) is 6.58. The first-order valence-electron chi connectivity index (χ1n) is 10.2. The van der Waals surface area contributed by atoms with Crippen molar-refractivity contribution in [3.63, 3.8) is 0 Å². The summed E-state index contributed by atoms with van der Waals surface area (Å²) < 4.78 is 0. The van der Waals surface area contributed by atoms with Crippen LogP contribution in [0.15, 0.2) is 42.0 Å². The summed E-state index contributed by atoms with van der Waals surface area (Å²) in [6.07, 6.45) is 9.60. The lowest BCUT2D eigenvalue weighted by atomic mass is 9.97. The number of benzene rings is 1. The first kappa shape index (κ1) is 19.1. The van der Waals surface area contributed by atoms with Gasteiger partial charge in [0.25, 0.3) is 0 Å². The van der Waals surface area contributed by atoms with Crippen molar-refractivity contribution >= 4 is 5.91 Å². The minimum absolute atomic E-state index is 0.179. The zero-order chi connectivity index (χ0) is 18.0. The summed E-state index contributed by atoms with van der Waals surface area (Å²) in [5, 5.41) is 3.11. The van der Waals surface area contributed by atoms with Gasteiger partial charge >= 0.3 is 0 Å². The lowest BCUT2D eigenvalue weighted by Crippen LogP contribution is -2.39. The Kier molecular flexibility index (Phi) is 7.71. The molecule has 3 rings (SSSR count). The zero-order valence-corrected chi connectivity index (χ0v) is 16.0. The highest BCUT2D eigenvalue weighted by Gasteiger charge is 2.17. The number of hydrogen-bond acceptors (Lipinski definition) is 3. The molecule has 1 aromatic carbocycles. The number of amides is 1. The fraction of sp³-hybridized carbons (Fsp3) is 0.591. The minimum Gasteiger partial charge on any atom is -0.355 e. The van der Waals surface area contributed by atoms with Gasteiger partial charge < -0.3 is 5.32 Å². The highest BCUT2D eigenvalue weighted by molar-refractivity contribution is 5.78. The van der Waals surface area contributed by atoms with E-state index in [1.807, 2.05) is 0 Å². The molecule has 1 fully saturated rings. The van der Waals surface area contributed by atoms with Gasteiger partial charge in [-0.1, -0.05) is 42.0 Å². The van der Waals surface area contributed by atoms with Crippen LogP contribution in [0, 0.1) is 0 Å². The third-order valence-corrected chi connectivity index (χ3v) is 5.45. The monoisotopic (exact) mass is 355 g/mol. The van der Waals surface area contributed by atoms with Crippen molar-refractivity contribution in [1.82, 2.24) is 15.1 Å². The van der Waals surface area contributed by atoms with Crippen molar-refractivity contribution in [2.45, 2.75) is 45.1 Å². The third-order valence-electron chi connectivity index (χ3n) is 5.45. The van der Waals surface area contributed by atoms with E-state index in [1.54, 1.807) is 0 Å². The van der Waals surface area contributed by atoms with Crippen LogP contribution >= 0.6 is 0 Å². The normalized spacial score (nSPS) is 19.6. The molecular weight excluding hydrogens is 322 g/mol. The van der Waals surface area contributed by atoms with Crippen LogP contribution in [0.25, 0.3) is 0 Å². The van der Waals surface area contributed by atoms with E-state index < -0.39 is 0 Å². The molecule has 0 atom stereocenters. The van der Waals surface area contributed by atoms with Gasteiger partial charge in [-0.25, -0.2) is 0 Å². The topological polar surface area (TPSA) is 35.6 Å². The molecule has 1 heterocycles. The first-order valence-corrected chi connectivity index (χ1v) is 10.2. The molecule has 0 unspecified atom stereocenters. The van der Waals surface area contributed by atoms with Crippen LogP contribution in [0.3, 0.4) is 0 Å². The van der Waals surface area contributed by atoms with Gasteiger partial charge in [-0.3, -0.25) is 14.6 Å². The number of allylic oxidation sites excluding steroid dienone is 1. The molecule has 0 spiro atoms. The van der Waals surface area contributed by atoms with Crippen LogP contribution in [0.5, 0.6) is 0 Å². The maximum Gasteiger partial charge on any atom is 0.234 e. The van der Waals surface area contributed by atoms with Gasteiger partial charge in [0.2, 0.25) is 5.91 Å². The molecular formula is C22H33N3O. The second-order valence-corrected chi connectivity index (χ2v) is 7.60. The Morgan fingerprint density at radius 2 is 1.77 bits per heavy atom. The van der Waals surface area contributed by atoms with Gasteiger partial charge in [0, 0.05) is 26.2 Å². The molecule has 0 aromatic heterocycles. The Bertz CT molecular complexity index is 584. The predicted molar refractivity (Wildman–Crippen MR) is 107 cm³/mol. The van der Waals surface area contributed by atoms with Crippen molar-refractivity contribution in [3.05, 3.63) is 47.5 Å². The first-order chi connectivity index (χ1) is 12.8. The van der Waals surface area contributed by atoms with Crippen molar-refractivity contribution < 1.29 is 4.79 Å². The van der Waals surface area contributed by atoms with Gasteiger partial charge in [-0.15, -0.1) is 0 Å². The molecule has 0 saturated carbocycles. The second-order valence-electron chi connectivity index (χ2n) is 7.60. The lowest BCUT2D eigenvalue weighted by Gasteiger charge is -2.21. The summed E-state index contributed by atoms with van der Waals surface area (Å²) in [6, 6.07) is 10.7. The van der Waals surface area contributed by atoms with Crippen LogP contribution in [0.4, 0.5) is 0 Å². The second kappa shape index (κ2) is 10.5. The average molecular weight is 356 g/mol. The molecule has 1 saturated heterocycles. The van der Waals surface area contributed by atoms with Crippen molar-refractivity contribution in [1.29, 1.82) is 0 Å². The Hall–Kier alpha value is -1.65. The van der Waals surface area contributed by atoms with E-state index in [1.165, 1.54) is 36.8 Å². The average Bonchev–Trinajstić information content (AvgIpc) is 2.89. The highest BCUT2D eigenvalue weighted by atomic mass is 16.2. The fourth-order valence-corrected chi connectivity index (χ4v) is 3.94. The largest absolute Gasteiger partial charge is 0.355 e. The molecule has 26 heavy (non-hydrogen) atoms. The SMILES string of the molecule is O=C(CN1CCCN(Cc2ccccc2)CC1)NCCC1=CCCCC1. The Labute approximate surface area is 158 Å². The molecule has 1 N–H and O–H groups in total. The van der Waals surface area contributed by atoms with Gasteiger partial charge in [0.05, 0.1) is 6.54 Å². The van der Waals surface area contributed by atoms with Crippen LogP contribution in [-0.4, -0.2) is 55.0 Å².